The zero-order valence-corrected chi connectivity index (χ0v) is 14.5. The van der Waals surface area contributed by atoms with Gasteiger partial charge in [0.25, 0.3) is 0 Å². The molecule has 1 heterocycles. The molecule has 1 aliphatic carbocycles. The fraction of sp³-hybridized carbons (Fsp3) is 0.667. The van der Waals surface area contributed by atoms with Crippen LogP contribution in [0.1, 0.15) is 51.5 Å². The summed E-state index contributed by atoms with van der Waals surface area (Å²) in [7, 11) is 0. The van der Waals surface area contributed by atoms with E-state index < -0.39 is 11.9 Å². The zero-order chi connectivity index (χ0) is 17.5. The van der Waals surface area contributed by atoms with Crippen LogP contribution in [0.15, 0.2) is 12.3 Å². The Hall–Kier alpha value is -1.69. The monoisotopic (exact) mass is 337 g/mol. The van der Waals surface area contributed by atoms with Crippen molar-refractivity contribution < 1.29 is 14.3 Å². The molecular formula is C18H28FN3O2. The number of nitrogens with one attached hydrogen (secondary N) is 2. The summed E-state index contributed by atoms with van der Waals surface area (Å²) in [4.78, 5) is 16.5. The summed E-state index contributed by atoms with van der Waals surface area (Å²) in [6.07, 6.45) is 7.49. The molecular weight excluding hydrogens is 309 g/mol. The van der Waals surface area contributed by atoms with Crippen LogP contribution in [0.4, 0.5) is 10.2 Å². The third-order valence-electron chi connectivity index (χ3n) is 4.61. The molecule has 1 aromatic heterocycles. The number of aliphatic hydroxyl groups excluding tert-OH is 1. The van der Waals surface area contributed by atoms with Gasteiger partial charge in [-0.15, -0.1) is 0 Å². The Morgan fingerprint density at radius 2 is 2.08 bits per heavy atom. The first-order chi connectivity index (χ1) is 11.5. The number of nitrogens with zero attached hydrogens (tertiary/aromatic N) is 1. The first-order valence-electron chi connectivity index (χ1n) is 8.80. The number of hydrogen-bond acceptors (Lipinski definition) is 4. The SMILES string of the molecule is CC(C)[C@@H](Nc1ncc(CO)cc1F)C(=O)NCC1CCCCC1. The molecule has 2 rings (SSSR count). The van der Waals surface area contributed by atoms with E-state index in [9.17, 15) is 9.18 Å². The van der Waals surface area contributed by atoms with Crippen LogP contribution >= 0.6 is 0 Å². The molecule has 134 valence electrons. The van der Waals surface area contributed by atoms with Gasteiger partial charge in [-0.3, -0.25) is 4.79 Å². The first-order valence-corrected chi connectivity index (χ1v) is 8.80. The number of carbonyl (C=O) groups is 1. The minimum absolute atomic E-state index is 0.00456. The minimum Gasteiger partial charge on any atom is -0.392 e. The molecule has 0 bridgehead atoms. The minimum atomic E-state index is -0.563. The van der Waals surface area contributed by atoms with Gasteiger partial charge in [-0.2, -0.15) is 0 Å². The van der Waals surface area contributed by atoms with Gasteiger partial charge in [0.1, 0.15) is 6.04 Å². The van der Waals surface area contributed by atoms with E-state index in [1.807, 2.05) is 13.8 Å². The molecule has 0 aliphatic heterocycles. The molecule has 1 amide bonds. The molecule has 0 aromatic carbocycles. The molecule has 0 saturated heterocycles. The lowest BCUT2D eigenvalue weighted by atomic mass is 9.89. The number of anilines is 1. The standard InChI is InChI=1S/C18H28FN3O2/c1-12(2)16(18(24)21-9-13-6-4-3-5-7-13)22-17-15(19)8-14(11-23)10-20-17/h8,10,12-13,16,23H,3-7,9,11H2,1-2H3,(H,20,22)(H,21,24)/t16-/m1/s1. The van der Waals surface area contributed by atoms with Crippen molar-refractivity contribution >= 4 is 11.7 Å². The quantitative estimate of drug-likeness (QED) is 0.715. The Bertz CT molecular complexity index is 545. The van der Waals surface area contributed by atoms with Crippen molar-refractivity contribution in [1.82, 2.24) is 10.3 Å². The van der Waals surface area contributed by atoms with Gasteiger partial charge >= 0.3 is 0 Å². The van der Waals surface area contributed by atoms with E-state index in [0.717, 1.165) is 0 Å². The molecule has 0 radical (unpaired) electrons. The van der Waals surface area contributed by atoms with Gasteiger partial charge in [0.2, 0.25) is 5.91 Å². The van der Waals surface area contributed by atoms with E-state index in [4.69, 9.17) is 5.11 Å². The van der Waals surface area contributed by atoms with Gasteiger partial charge in [0.05, 0.1) is 6.61 Å². The van der Waals surface area contributed by atoms with Crippen LogP contribution in [0, 0.1) is 17.7 Å². The first kappa shape index (κ1) is 18.6. The number of pyridine rings is 1. The van der Waals surface area contributed by atoms with Crippen LogP contribution in [0.3, 0.4) is 0 Å². The molecule has 6 heteroatoms. The predicted octanol–water partition coefficient (Wildman–Crippen LogP) is 2.85. The summed E-state index contributed by atoms with van der Waals surface area (Å²) in [5.74, 6) is -0.0988. The van der Waals surface area contributed by atoms with Crippen LogP contribution in [0.2, 0.25) is 0 Å². The highest BCUT2D eigenvalue weighted by Gasteiger charge is 2.24. The van der Waals surface area contributed by atoms with Crippen molar-refractivity contribution in [1.29, 1.82) is 0 Å². The largest absolute Gasteiger partial charge is 0.392 e. The molecule has 0 spiro atoms. The second-order valence-corrected chi connectivity index (χ2v) is 6.95. The van der Waals surface area contributed by atoms with Gasteiger partial charge < -0.3 is 15.7 Å². The van der Waals surface area contributed by atoms with E-state index in [1.54, 1.807) is 0 Å². The highest BCUT2D eigenvalue weighted by Crippen LogP contribution is 2.23. The number of halogens is 1. The molecule has 5 nitrogen and oxygen atoms in total. The fourth-order valence-electron chi connectivity index (χ4n) is 3.10. The van der Waals surface area contributed by atoms with Crippen molar-refractivity contribution in [3.05, 3.63) is 23.6 Å². The molecule has 1 aliphatic rings. The second kappa shape index (κ2) is 8.97. The summed E-state index contributed by atoms with van der Waals surface area (Å²) >= 11 is 0. The van der Waals surface area contributed by atoms with Crippen LogP contribution < -0.4 is 10.6 Å². The van der Waals surface area contributed by atoms with Crippen LogP contribution in [-0.2, 0) is 11.4 Å². The topological polar surface area (TPSA) is 74.2 Å². The molecule has 1 saturated carbocycles. The van der Waals surface area contributed by atoms with E-state index in [2.05, 4.69) is 15.6 Å². The van der Waals surface area contributed by atoms with Gasteiger partial charge in [-0.1, -0.05) is 33.1 Å². The normalized spacial score (nSPS) is 16.9. The maximum atomic E-state index is 14.0. The Morgan fingerprint density at radius 1 is 1.38 bits per heavy atom. The average molecular weight is 337 g/mol. The Morgan fingerprint density at radius 3 is 2.67 bits per heavy atom. The summed E-state index contributed by atoms with van der Waals surface area (Å²) in [5, 5.41) is 14.9. The Balaban J connectivity index is 1.96. The number of aromatic nitrogens is 1. The Kier molecular flexibility index (Phi) is 6.97. The summed E-state index contributed by atoms with van der Waals surface area (Å²) in [5.41, 5.74) is 0.404. The van der Waals surface area contributed by atoms with E-state index in [-0.39, 0.29) is 24.2 Å². The number of aliphatic hydroxyl groups is 1. The number of rotatable bonds is 7. The lowest BCUT2D eigenvalue weighted by Crippen LogP contribution is -2.45. The number of amides is 1. The Labute approximate surface area is 143 Å². The van der Waals surface area contributed by atoms with Crippen LogP contribution in [0.5, 0.6) is 0 Å². The smallest absolute Gasteiger partial charge is 0.242 e. The van der Waals surface area contributed by atoms with Crippen molar-refractivity contribution in [2.45, 2.75) is 58.6 Å². The lowest BCUT2D eigenvalue weighted by Gasteiger charge is -2.26. The van der Waals surface area contributed by atoms with Gasteiger partial charge in [0.15, 0.2) is 11.6 Å². The lowest BCUT2D eigenvalue weighted by molar-refractivity contribution is -0.122. The van der Waals surface area contributed by atoms with Crippen molar-refractivity contribution in [2.24, 2.45) is 11.8 Å². The molecule has 0 unspecified atom stereocenters. The van der Waals surface area contributed by atoms with Gasteiger partial charge in [-0.05, 0) is 36.3 Å². The molecule has 24 heavy (non-hydrogen) atoms. The number of hydrogen-bond donors (Lipinski definition) is 3. The third-order valence-corrected chi connectivity index (χ3v) is 4.61. The summed E-state index contributed by atoms with van der Waals surface area (Å²) in [6.45, 7) is 4.25. The van der Waals surface area contributed by atoms with E-state index >= 15 is 0 Å². The van der Waals surface area contributed by atoms with Gasteiger partial charge in [-0.25, -0.2) is 9.37 Å². The maximum absolute atomic E-state index is 14.0. The molecule has 3 N–H and O–H groups in total. The fourth-order valence-corrected chi connectivity index (χ4v) is 3.10. The van der Waals surface area contributed by atoms with Gasteiger partial charge in [0, 0.05) is 12.7 Å². The van der Waals surface area contributed by atoms with Crippen molar-refractivity contribution in [3.63, 3.8) is 0 Å². The van der Waals surface area contributed by atoms with Crippen LogP contribution in [-0.4, -0.2) is 28.6 Å². The van der Waals surface area contributed by atoms with Crippen LogP contribution in [0.25, 0.3) is 0 Å². The number of carbonyl (C=O) groups excluding carboxylic acids is 1. The highest BCUT2D eigenvalue weighted by molar-refractivity contribution is 5.84. The van der Waals surface area contributed by atoms with E-state index in [1.165, 1.54) is 44.4 Å². The van der Waals surface area contributed by atoms with E-state index in [0.29, 0.717) is 18.0 Å². The molecule has 1 fully saturated rings. The average Bonchev–Trinajstić information content (AvgIpc) is 2.59. The third kappa shape index (κ3) is 5.16. The highest BCUT2D eigenvalue weighted by atomic mass is 19.1. The molecule has 1 aromatic rings. The predicted molar refractivity (Wildman–Crippen MR) is 92.0 cm³/mol. The summed E-state index contributed by atoms with van der Waals surface area (Å²) < 4.78 is 14.0. The van der Waals surface area contributed by atoms with Crippen molar-refractivity contribution in [3.8, 4) is 0 Å². The molecule has 1 atom stereocenters. The maximum Gasteiger partial charge on any atom is 0.242 e. The summed E-state index contributed by atoms with van der Waals surface area (Å²) in [6, 6.07) is 0.683. The second-order valence-electron chi connectivity index (χ2n) is 6.95. The van der Waals surface area contributed by atoms with Crippen molar-refractivity contribution in [2.75, 3.05) is 11.9 Å². The zero-order valence-electron chi connectivity index (χ0n) is 14.5.